The summed E-state index contributed by atoms with van der Waals surface area (Å²) in [6.07, 6.45) is 2.41. The largest absolute Gasteiger partial charge is 0.385 e. The molecule has 1 fully saturated rings. The minimum absolute atomic E-state index is 0.0359. The summed E-state index contributed by atoms with van der Waals surface area (Å²) in [5.41, 5.74) is -0.396. The van der Waals surface area contributed by atoms with Gasteiger partial charge in [-0.3, -0.25) is 10.1 Å². The van der Waals surface area contributed by atoms with Gasteiger partial charge in [0.1, 0.15) is 5.52 Å². The molecule has 4 rings (SSSR count). The van der Waals surface area contributed by atoms with Crippen molar-refractivity contribution in [3.8, 4) is 0 Å². The molecule has 1 aliphatic carbocycles. The molecule has 1 aromatic heterocycles. The predicted molar refractivity (Wildman–Crippen MR) is 102 cm³/mol. The van der Waals surface area contributed by atoms with Gasteiger partial charge in [-0.15, -0.1) is 0 Å². The number of hydrogen-bond acceptors (Lipinski definition) is 3. The van der Waals surface area contributed by atoms with E-state index in [-0.39, 0.29) is 29.4 Å². The summed E-state index contributed by atoms with van der Waals surface area (Å²) in [4.78, 5) is 16.9. The van der Waals surface area contributed by atoms with E-state index in [9.17, 15) is 18.7 Å². The van der Waals surface area contributed by atoms with Crippen molar-refractivity contribution in [2.24, 2.45) is 0 Å². The molecule has 3 aromatic rings. The molecule has 146 valence electrons. The van der Waals surface area contributed by atoms with Gasteiger partial charge in [-0.2, -0.15) is 0 Å². The van der Waals surface area contributed by atoms with Crippen molar-refractivity contribution >= 4 is 22.9 Å². The predicted octanol–water partition coefficient (Wildman–Crippen LogP) is 4.28. The van der Waals surface area contributed by atoms with Crippen LogP contribution in [0.4, 0.5) is 14.7 Å². The zero-order chi connectivity index (χ0) is 19.9. The molecule has 1 heterocycles. The smallest absolute Gasteiger partial charge is 0.229 e. The van der Waals surface area contributed by atoms with Crippen LogP contribution in [0.2, 0.25) is 0 Å². The number of nitrogens with zero attached hydrogens (tertiary/aromatic N) is 2. The number of fused-ring (bicyclic) bond motifs is 1. The standard InChI is InChI=1S/C21H21F2N3O2/c1-21(28,13-6-3-2-4-7-13)12-17(27)25-20-24-16-11-10-15(22)18(23)19(16)26(20)14-8-5-9-14/h2-4,6-7,10-11,14,28H,5,8-9,12H2,1H3,(H,24,25,27)/t21-/m0/s1. The van der Waals surface area contributed by atoms with Crippen LogP contribution in [0.1, 0.15) is 44.2 Å². The topological polar surface area (TPSA) is 67.2 Å². The maximum Gasteiger partial charge on any atom is 0.229 e. The number of halogens is 2. The molecule has 5 nitrogen and oxygen atoms in total. The van der Waals surface area contributed by atoms with Gasteiger partial charge >= 0.3 is 0 Å². The van der Waals surface area contributed by atoms with Crippen molar-refractivity contribution in [2.45, 2.75) is 44.2 Å². The first-order chi connectivity index (χ1) is 13.4. The maximum atomic E-state index is 14.4. The molecule has 1 saturated carbocycles. The summed E-state index contributed by atoms with van der Waals surface area (Å²) in [5, 5.41) is 13.4. The summed E-state index contributed by atoms with van der Waals surface area (Å²) in [5.74, 6) is -2.18. The molecule has 0 saturated heterocycles. The van der Waals surface area contributed by atoms with Crippen molar-refractivity contribution in [2.75, 3.05) is 5.32 Å². The monoisotopic (exact) mass is 385 g/mol. The van der Waals surface area contributed by atoms with Crippen LogP contribution in [0.3, 0.4) is 0 Å². The molecule has 0 aliphatic heterocycles. The van der Waals surface area contributed by atoms with E-state index in [0.29, 0.717) is 5.56 Å². The highest BCUT2D eigenvalue weighted by atomic mass is 19.2. The van der Waals surface area contributed by atoms with Gasteiger partial charge in [-0.1, -0.05) is 30.3 Å². The van der Waals surface area contributed by atoms with Crippen LogP contribution in [-0.2, 0) is 10.4 Å². The molecule has 0 unspecified atom stereocenters. The van der Waals surface area contributed by atoms with Crippen molar-refractivity contribution in [1.82, 2.24) is 9.55 Å². The molecule has 7 heteroatoms. The molecule has 0 spiro atoms. The van der Waals surface area contributed by atoms with E-state index in [2.05, 4.69) is 10.3 Å². The fourth-order valence-electron chi connectivity index (χ4n) is 3.59. The van der Waals surface area contributed by atoms with E-state index < -0.39 is 23.1 Å². The fraction of sp³-hybridized carbons (Fsp3) is 0.333. The molecular weight excluding hydrogens is 364 g/mol. The van der Waals surface area contributed by atoms with Crippen LogP contribution in [0.15, 0.2) is 42.5 Å². The summed E-state index contributed by atoms with van der Waals surface area (Å²) < 4.78 is 29.8. The number of imidazole rings is 1. The van der Waals surface area contributed by atoms with Crippen molar-refractivity contribution < 1.29 is 18.7 Å². The lowest BCUT2D eigenvalue weighted by Gasteiger charge is -2.29. The Morgan fingerprint density at radius 3 is 2.61 bits per heavy atom. The Balaban J connectivity index is 1.64. The van der Waals surface area contributed by atoms with E-state index in [1.807, 2.05) is 6.07 Å². The van der Waals surface area contributed by atoms with E-state index >= 15 is 0 Å². The van der Waals surface area contributed by atoms with Gasteiger partial charge in [0.15, 0.2) is 11.6 Å². The van der Waals surface area contributed by atoms with Gasteiger partial charge in [0.2, 0.25) is 11.9 Å². The lowest BCUT2D eigenvalue weighted by atomic mass is 9.92. The molecule has 1 amide bonds. The number of aromatic nitrogens is 2. The van der Waals surface area contributed by atoms with Gasteiger partial charge in [0.25, 0.3) is 0 Å². The number of anilines is 1. The first kappa shape index (κ1) is 18.6. The number of nitrogens with one attached hydrogen (secondary N) is 1. The Morgan fingerprint density at radius 1 is 1.25 bits per heavy atom. The summed E-state index contributed by atoms with van der Waals surface area (Å²) >= 11 is 0. The summed E-state index contributed by atoms with van der Waals surface area (Å²) in [6.45, 7) is 1.56. The zero-order valence-corrected chi connectivity index (χ0v) is 15.5. The average molecular weight is 385 g/mol. The number of benzene rings is 2. The highest BCUT2D eigenvalue weighted by Gasteiger charge is 2.30. The third-order valence-electron chi connectivity index (χ3n) is 5.33. The molecule has 28 heavy (non-hydrogen) atoms. The molecular formula is C21H21F2N3O2. The zero-order valence-electron chi connectivity index (χ0n) is 15.5. The van der Waals surface area contributed by atoms with Crippen molar-refractivity contribution in [1.29, 1.82) is 0 Å². The van der Waals surface area contributed by atoms with E-state index in [1.54, 1.807) is 35.8 Å². The lowest BCUT2D eigenvalue weighted by Crippen LogP contribution is -2.30. The molecule has 1 atom stereocenters. The Hall–Kier alpha value is -2.80. The number of amides is 1. The Bertz CT molecular complexity index is 1030. The Kier molecular flexibility index (Phi) is 4.63. The number of aliphatic hydroxyl groups is 1. The number of rotatable bonds is 5. The van der Waals surface area contributed by atoms with Crippen LogP contribution in [-0.4, -0.2) is 20.6 Å². The van der Waals surface area contributed by atoms with Crippen molar-refractivity contribution in [3.63, 3.8) is 0 Å². The van der Waals surface area contributed by atoms with E-state index in [0.717, 1.165) is 25.3 Å². The van der Waals surface area contributed by atoms with E-state index in [4.69, 9.17) is 0 Å². The molecule has 2 aromatic carbocycles. The van der Waals surface area contributed by atoms with Gasteiger partial charge in [-0.05, 0) is 43.9 Å². The van der Waals surface area contributed by atoms with Crippen LogP contribution in [0, 0.1) is 11.6 Å². The van der Waals surface area contributed by atoms with Crippen LogP contribution >= 0.6 is 0 Å². The Morgan fingerprint density at radius 2 is 1.96 bits per heavy atom. The van der Waals surface area contributed by atoms with Crippen molar-refractivity contribution in [3.05, 3.63) is 59.7 Å². The number of carbonyl (C=O) groups is 1. The summed E-state index contributed by atoms with van der Waals surface area (Å²) in [6, 6.07) is 11.3. The second-order valence-corrected chi connectivity index (χ2v) is 7.48. The highest BCUT2D eigenvalue weighted by molar-refractivity contribution is 5.92. The van der Waals surface area contributed by atoms with Gasteiger partial charge < -0.3 is 9.67 Å². The minimum Gasteiger partial charge on any atom is -0.385 e. The van der Waals surface area contributed by atoms with Gasteiger partial charge in [0, 0.05) is 6.04 Å². The third-order valence-corrected chi connectivity index (χ3v) is 5.33. The highest BCUT2D eigenvalue weighted by Crippen LogP contribution is 2.38. The fourth-order valence-corrected chi connectivity index (χ4v) is 3.59. The first-order valence-corrected chi connectivity index (χ1v) is 9.30. The molecule has 0 radical (unpaired) electrons. The third kappa shape index (κ3) is 3.26. The maximum absolute atomic E-state index is 14.4. The van der Waals surface area contributed by atoms with Crippen LogP contribution < -0.4 is 5.32 Å². The molecule has 1 aliphatic rings. The first-order valence-electron chi connectivity index (χ1n) is 9.30. The van der Waals surface area contributed by atoms with Crippen LogP contribution in [0.25, 0.3) is 11.0 Å². The lowest BCUT2D eigenvalue weighted by molar-refractivity contribution is -0.120. The average Bonchev–Trinajstić information content (AvgIpc) is 2.95. The normalized spacial score (nSPS) is 16.6. The van der Waals surface area contributed by atoms with E-state index in [1.165, 1.54) is 6.07 Å². The quantitative estimate of drug-likeness (QED) is 0.689. The molecule has 0 bridgehead atoms. The van der Waals surface area contributed by atoms with Crippen LogP contribution in [0.5, 0.6) is 0 Å². The second-order valence-electron chi connectivity index (χ2n) is 7.48. The Labute approximate surface area is 161 Å². The second kappa shape index (κ2) is 6.98. The van der Waals surface area contributed by atoms with Gasteiger partial charge in [0.05, 0.1) is 17.5 Å². The minimum atomic E-state index is -1.37. The van der Waals surface area contributed by atoms with Gasteiger partial charge in [-0.25, -0.2) is 13.8 Å². The SMILES string of the molecule is C[C@](O)(CC(=O)Nc1nc2ccc(F)c(F)c2n1C1CCC1)c1ccccc1. The number of hydrogen-bond donors (Lipinski definition) is 2. The summed E-state index contributed by atoms with van der Waals surface area (Å²) in [7, 11) is 0. The number of carbonyl (C=O) groups excluding carboxylic acids is 1. The molecule has 2 N–H and O–H groups in total.